The topological polar surface area (TPSA) is 79.5 Å². The lowest BCUT2D eigenvalue weighted by atomic mass is 9.74. The van der Waals surface area contributed by atoms with Gasteiger partial charge in [0.25, 0.3) is 0 Å². The zero-order chi connectivity index (χ0) is 17.6. The lowest BCUT2D eigenvalue weighted by Gasteiger charge is -2.42. The summed E-state index contributed by atoms with van der Waals surface area (Å²) in [5.41, 5.74) is 5.97. The minimum Gasteiger partial charge on any atom is -0.369 e. The van der Waals surface area contributed by atoms with Crippen molar-refractivity contribution in [3.8, 4) is 0 Å². The lowest BCUT2D eigenvalue weighted by Crippen LogP contribution is -2.53. The van der Waals surface area contributed by atoms with E-state index >= 15 is 0 Å². The highest BCUT2D eigenvalue weighted by molar-refractivity contribution is 5.83. The minimum atomic E-state index is -0.425. The first kappa shape index (κ1) is 18.4. The van der Waals surface area contributed by atoms with E-state index in [1.807, 2.05) is 23.1 Å². The Morgan fingerprint density at radius 1 is 1.38 bits per heavy atom. The van der Waals surface area contributed by atoms with Crippen molar-refractivity contribution in [1.29, 1.82) is 0 Å². The Morgan fingerprint density at radius 2 is 2.17 bits per heavy atom. The van der Waals surface area contributed by atoms with Crippen molar-refractivity contribution < 1.29 is 9.59 Å². The molecule has 1 atom stereocenters. The third-order valence-corrected chi connectivity index (χ3v) is 4.71. The molecule has 0 unspecified atom stereocenters. The van der Waals surface area contributed by atoms with Crippen molar-refractivity contribution in [2.45, 2.75) is 32.1 Å². The number of amides is 2. The van der Waals surface area contributed by atoms with E-state index in [4.69, 9.17) is 5.73 Å². The molecule has 1 aliphatic rings. The fraction of sp³-hybridized carbons (Fsp3) is 0.611. The van der Waals surface area contributed by atoms with Gasteiger partial charge in [0.2, 0.25) is 11.8 Å². The van der Waals surface area contributed by atoms with Crippen molar-refractivity contribution in [3.63, 3.8) is 0 Å². The Bertz CT molecular complexity index is 561. The van der Waals surface area contributed by atoms with Crippen LogP contribution in [0.5, 0.6) is 0 Å². The monoisotopic (exact) mass is 332 g/mol. The van der Waals surface area contributed by atoms with E-state index in [1.54, 1.807) is 25.2 Å². The molecule has 6 nitrogen and oxygen atoms in total. The second kappa shape index (κ2) is 8.24. The second-order valence-corrected chi connectivity index (χ2v) is 6.94. The van der Waals surface area contributed by atoms with E-state index in [9.17, 15) is 9.59 Å². The van der Waals surface area contributed by atoms with Gasteiger partial charge in [-0.05, 0) is 50.8 Å². The Kier molecular flexibility index (Phi) is 6.31. The van der Waals surface area contributed by atoms with Crippen LogP contribution in [0.1, 0.15) is 31.4 Å². The van der Waals surface area contributed by atoms with Gasteiger partial charge in [0.1, 0.15) is 0 Å². The Labute approximate surface area is 144 Å². The van der Waals surface area contributed by atoms with Gasteiger partial charge in [-0.2, -0.15) is 0 Å². The van der Waals surface area contributed by atoms with Gasteiger partial charge in [0, 0.05) is 32.5 Å². The molecule has 1 fully saturated rings. The molecule has 1 aromatic heterocycles. The summed E-state index contributed by atoms with van der Waals surface area (Å²) in [5.74, 6) is -0.186. The summed E-state index contributed by atoms with van der Waals surface area (Å²) >= 11 is 0. The maximum atomic E-state index is 12.9. The first-order valence-corrected chi connectivity index (χ1v) is 8.55. The molecule has 0 spiro atoms. The molecule has 132 valence electrons. The number of rotatable bonds is 7. The van der Waals surface area contributed by atoms with Gasteiger partial charge in [-0.1, -0.05) is 6.07 Å². The van der Waals surface area contributed by atoms with Gasteiger partial charge >= 0.3 is 0 Å². The number of carbonyl (C=O) groups is 2. The van der Waals surface area contributed by atoms with Gasteiger partial charge in [0.05, 0.1) is 12.0 Å². The van der Waals surface area contributed by atoms with Crippen molar-refractivity contribution in [2.75, 3.05) is 33.7 Å². The first-order chi connectivity index (χ1) is 11.4. The molecule has 0 bridgehead atoms. The lowest BCUT2D eigenvalue weighted by molar-refractivity contribution is -0.144. The number of piperidine rings is 1. The van der Waals surface area contributed by atoms with Gasteiger partial charge < -0.3 is 10.6 Å². The van der Waals surface area contributed by atoms with E-state index in [0.29, 0.717) is 6.54 Å². The van der Waals surface area contributed by atoms with E-state index < -0.39 is 5.41 Å². The number of primary amides is 1. The SMILES string of the molecule is CN(C)C(=O)[C@@]1(CCCc2ccccn2)CCCN(CC(N)=O)C1. The quantitative estimate of drug-likeness (QED) is 0.810. The smallest absolute Gasteiger partial charge is 0.231 e. The van der Waals surface area contributed by atoms with E-state index in [0.717, 1.165) is 44.3 Å². The molecular formula is C18H28N4O2. The molecule has 2 rings (SSSR count). The predicted molar refractivity (Wildman–Crippen MR) is 93.2 cm³/mol. The maximum Gasteiger partial charge on any atom is 0.231 e. The number of hydrogen-bond acceptors (Lipinski definition) is 4. The average molecular weight is 332 g/mol. The number of nitrogens with zero attached hydrogens (tertiary/aromatic N) is 3. The number of likely N-dealkylation sites (tertiary alicyclic amines) is 1. The van der Waals surface area contributed by atoms with Crippen LogP contribution in [0.15, 0.2) is 24.4 Å². The average Bonchev–Trinajstić information content (AvgIpc) is 2.54. The zero-order valence-electron chi connectivity index (χ0n) is 14.7. The fourth-order valence-electron chi connectivity index (χ4n) is 3.70. The number of aryl methyl sites for hydroxylation is 1. The fourth-order valence-corrected chi connectivity index (χ4v) is 3.70. The van der Waals surface area contributed by atoms with Crippen molar-refractivity contribution in [3.05, 3.63) is 30.1 Å². The Hall–Kier alpha value is -1.95. The van der Waals surface area contributed by atoms with Crippen LogP contribution in [-0.4, -0.2) is 60.3 Å². The molecule has 2 heterocycles. The summed E-state index contributed by atoms with van der Waals surface area (Å²) in [6.45, 7) is 1.66. The summed E-state index contributed by atoms with van der Waals surface area (Å²) < 4.78 is 0. The molecule has 1 saturated heterocycles. The van der Waals surface area contributed by atoms with Crippen LogP contribution in [0.3, 0.4) is 0 Å². The van der Waals surface area contributed by atoms with E-state index in [1.165, 1.54) is 0 Å². The standard InChI is InChI=1S/C18H28N4O2/c1-21(2)17(24)18(9-5-8-15-7-3-4-11-20-15)10-6-12-22(14-18)13-16(19)23/h3-4,7,11H,5-6,8-10,12-14H2,1-2H3,(H2,19,23)/t18-/m0/s1. The third kappa shape index (κ3) is 4.77. The van der Waals surface area contributed by atoms with Crippen LogP contribution in [0, 0.1) is 5.41 Å². The number of carbonyl (C=O) groups excluding carboxylic acids is 2. The minimum absolute atomic E-state index is 0.151. The van der Waals surface area contributed by atoms with E-state index in [2.05, 4.69) is 4.98 Å². The molecule has 0 radical (unpaired) electrons. The normalized spacial score (nSPS) is 21.4. The Morgan fingerprint density at radius 3 is 2.79 bits per heavy atom. The summed E-state index contributed by atoms with van der Waals surface area (Å²) in [5, 5.41) is 0. The van der Waals surface area contributed by atoms with Crippen LogP contribution in [0.2, 0.25) is 0 Å². The molecule has 2 N–H and O–H groups in total. The maximum absolute atomic E-state index is 12.9. The molecule has 1 aliphatic heterocycles. The summed E-state index contributed by atoms with van der Waals surface area (Å²) in [6, 6.07) is 5.91. The van der Waals surface area contributed by atoms with Crippen LogP contribution in [-0.2, 0) is 16.0 Å². The number of nitrogens with two attached hydrogens (primary N) is 1. The van der Waals surface area contributed by atoms with Gasteiger partial charge in [0.15, 0.2) is 0 Å². The van der Waals surface area contributed by atoms with Crippen LogP contribution in [0.4, 0.5) is 0 Å². The highest BCUT2D eigenvalue weighted by Crippen LogP contribution is 2.36. The first-order valence-electron chi connectivity index (χ1n) is 8.55. The Balaban J connectivity index is 2.05. The van der Waals surface area contributed by atoms with Crippen molar-refractivity contribution in [1.82, 2.24) is 14.8 Å². The third-order valence-electron chi connectivity index (χ3n) is 4.71. The summed E-state index contributed by atoms with van der Waals surface area (Å²) in [7, 11) is 3.60. The largest absolute Gasteiger partial charge is 0.369 e. The molecular weight excluding hydrogens is 304 g/mol. The van der Waals surface area contributed by atoms with Crippen LogP contribution >= 0.6 is 0 Å². The van der Waals surface area contributed by atoms with Crippen molar-refractivity contribution >= 4 is 11.8 Å². The number of pyridine rings is 1. The summed E-state index contributed by atoms with van der Waals surface area (Å²) in [4.78, 5) is 32.2. The molecule has 2 amide bonds. The highest BCUT2D eigenvalue weighted by atomic mass is 16.2. The van der Waals surface area contributed by atoms with Gasteiger partial charge in [-0.25, -0.2) is 0 Å². The number of aromatic nitrogens is 1. The molecule has 6 heteroatoms. The highest BCUT2D eigenvalue weighted by Gasteiger charge is 2.42. The molecule has 0 aliphatic carbocycles. The van der Waals surface area contributed by atoms with Crippen LogP contribution in [0.25, 0.3) is 0 Å². The summed E-state index contributed by atoms with van der Waals surface area (Å²) in [6.07, 6.45) is 6.14. The number of hydrogen-bond donors (Lipinski definition) is 1. The predicted octanol–water partition coefficient (Wildman–Crippen LogP) is 1.06. The van der Waals surface area contributed by atoms with Gasteiger partial charge in [-0.15, -0.1) is 0 Å². The molecule has 1 aromatic rings. The van der Waals surface area contributed by atoms with Gasteiger partial charge in [-0.3, -0.25) is 19.5 Å². The molecule has 0 aromatic carbocycles. The van der Waals surface area contributed by atoms with Crippen LogP contribution < -0.4 is 5.73 Å². The second-order valence-electron chi connectivity index (χ2n) is 6.94. The zero-order valence-corrected chi connectivity index (χ0v) is 14.7. The molecule has 24 heavy (non-hydrogen) atoms. The van der Waals surface area contributed by atoms with Crippen molar-refractivity contribution in [2.24, 2.45) is 11.1 Å². The molecule has 0 saturated carbocycles. The van der Waals surface area contributed by atoms with E-state index in [-0.39, 0.29) is 18.4 Å².